The highest BCUT2D eigenvalue weighted by Gasteiger charge is 2.27. The summed E-state index contributed by atoms with van der Waals surface area (Å²) in [6, 6.07) is 11.8. The van der Waals surface area contributed by atoms with Crippen LogP contribution in [0.15, 0.2) is 59.5 Å². The molecule has 0 aromatic heterocycles. The maximum Gasteiger partial charge on any atom is 0.265 e. The van der Waals surface area contributed by atoms with E-state index in [1.807, 2.05) is 0 Å². The highest BCUT2D eigenvalue weighted by atomic mass is 35.5. The van der Waals surface area contributed by atoms with Crippen LogP contribution in [0.2, 0.25) is 5.02 Å². The van der Waals surface area contributed by atoms with Crippen molar-refractivity contribution in [2.75, 3.05) is 16.2 Å². The molecule has 0 aliphatic carbocycles. The van der Waals surface area contributed by atoms with Crippen molar-refractivity contribution in [3.8, 4) is 0 Å². The number of hydrogen-bond acceptors (Lipinski definition) is 3. The molecule has 1 N–H and O–H groups in total. The minimum absolute atomic E-state index is 0.0681. The van der Waals surface area contributed by atoms with Crippen LogP contribution in [0.5, 0.6) is 0 Å². The van der Waals surface area contributed by atoms with E-state index in [0.29, 0.717) is 5.69 Å². The molecule has 3 aromatic carbocycles. The number of carbonyl (C=O) groups excluding carboxylic acids is 1. The summed E-state index contributed by atoms with van der Waals surface area (Å²) in [5.41, 5.74) is -0.869. The quantitative estimate of drug-likeness (QED) is 0.289. The summed E-state index contributed by atoms with van der Waals surface area (Å²) in [6.45, 7) is 1.68. The number of halogens is 5. The van der Waals surface area contributed by atoms with Crippen molar-refractivity contribution in [2.45, 2.75) is 11.8 Å². The van der Waals surface area contributed by atoms with Crippen LogP contribution >= 0.6 is 11.6 Å². The van der Waals surface area contributed by atoms with E-state index in [2.05, 4.69) is 5.32 Å². The molecule has 32 heavy (non-hydrogen) atoms. The zero-order valence-corrected chi connectivity index (χ0v) is 17.9. The molecule has 168 valence electrons. The largest absolute Gasteiger partial charge is 0.322 e. The van der Waals surface area contributed by atoms with Crippen molar-refractivity contribution in [2.24, 2.45) is 0 Å². The predicted octanol–water partition coefficient (Wildman–Crippen LogP) is 5.36. The van der Waals surface area contributed by atoms with Gasteiger partial charge in [-0.2, -0.15) is 0 Å². The summed E-state index contributed by atoms with van der Waals surface area (Å²) < 4.78 is 81.4. The lowest BCUT2D eigenvalue weighted by Crippen LogP contribution is -2.31. The topological polar surface area (TPSA) is 66.5 Å². The number of carbonyl (C=O) groups is 1. The highest BCUT2D eigenvalue weighted by Crippen LogP contribution is 2.31. The molecular formula is C21H15ClF4N2O3S. The molecule has 0 saturated carbocycles. The molecule has 0 bridgehead atoms. The van der Waals surface area contributed by atoms with Crippen LogP contribution in [-0.2, 0) is 10.0 Å². The molecular weight excluding hydrogens is 472 g/mol. The highest BCUT2D eigenvalue weighted by molar-refractivity contribution is 7.93. The number of sulfonamides is 1. The molecule has 0 aliphatic heterocycles. The summed E-state index contributed by atoms with van der Waals surface area (Å²) in [5.74, 6) is -9.16. The first-order valence-electron chi connectivity index (χ1n) is 9.09. The monoisotopic (exact) mass is 486 g/mol. The molecule has 3 rings (SSSR count). The fourth-order valence-corrected chi connectivity index (χ4v) is 4.90. The Morgan fingerprint density at radius 2 is 1.62 bits per heavy atom. The lowest BCUT2D eigenvalue weighted by Gasteiger charge is -2.23. The fourth-order valence-electron chi connectivity index (χ4n) is 2.92. The van der Waals surface area contributed by atoms with Crippen molar-refractivity contribution in [3.05, 3.63) is 88.5 Å². The zero-order valence-electron chi connectivity index (χ0n) is 16.4. The van der Waals surface area contributed by atoms with E-state index in [1.54, 1.807) is 37.3 Å². The fraction of sp³-hybridized carbons (Fsp3) is 0.0952. The smallest absolute Gasteiger partial charge is 0.265 e. The molecule has 0 atom stereocenters. The third kappa shape index (κ3) is 4.42. The Balaban J connectivity index is 1.98. The van der Waals surface area contributed by atoms with Crippen LogP contribution < -0.4 is 9.62 Å². The third-order valence-corrected chi connectivity index (χ3v) is 6.82. The van der Waals surface area contributed by atoms with Crippen LogP contribution in [0.4, 0.5) is 28.9 Å². The van der Waals surface area contributed by atoms with Crippen LogP contribution in [0.25, 0.3) is 0 Å². The summed E-state index contributed by atoms with van der Waals surface area (Å²) >= 11 is 6.09. The third-order valence-electron chi connectivity index (χ3n) is 4.44. The van der Waals surface area contributed by atoms with Crippen molar-refractivity contribution in [3.63, 3.8) is 0 Å². The van der Waals surface area contributed by atoms with Crippen molar-refractivity contribution in [1.82, 2.24) is 0 Å². The molecule has 0 spiro atoms. The van der Waals surface area contributed by atoms with Crippen LogP contribution in [0, 0.1) is 23.3 Å². The lowest BCUT2D eigenvalue weighted by atomic mass is 10.1. The number of anilines is 2. The van der Waals surface area contributed by atoms with Gasteiger partial charge in [0.1, 0.15) is 4.90 Å². The maximum absolute atomic E-state index is 13.9. The van der Waals surface area contributed by atoms with E-state index in [1.165, 1.54) is 12.1 Å². The molecule has 0 radical (unpaired) electrons. The Kier molecular flexibility index (Phi) is 6.75. The molecule has 0 aliphatic rings. The van der Waals surface area contributed by atoms with Crippen LogP contribution in [0.1, 0.15) is 17.3 Å². The van der Waals surface area contributed by atoms with Gasteiger partial charge in [-0.3, -0.25) is 9.10 Å². The molecule has 1 amide bonds. The van der Waals surface area contributed by atoms with Gasteiger partial charge < -0.3 is 5.32 Å². The minimum atomic E-state index is -4.18. The number of para-hydroxylation sites is 1. The Morgan fingerprint density at radius 1 is 0.969 bits per heavy atom. The molecule has 0 unspecified atom stereocenters. The van der Waals surface area contributed by atoms with Crippen LogP contribution in [0.3, 0.4) is 0 Å². The van der Waals surface area contributed by atoms with Gasteiger partial charge in [-0.25, -0.2) is 26.0 Å². The van der Waals surface area contributed by atoms with Crippen molar-refractivity contribution < 1.29 is 30.8 Å². The van der Waals surface area contributed by atoms with Gasteiger partial charge in [0.15, 0.2) is 23.3 Å². The SMILES string of the molecule is CCN(c1ccccc1)S(=O)(=O)c1cc(NC(=O)c2cc(F)c(F)c(F)c2F)ccc1Cl. The van der Waals surface area contributed by atoms with Gasteiger partial charge in [0.25, 0.3) is 15.9 Å². The molecule has 3 aromatic rings. The Morgan fingerprint density at radius 3 is 2.25 bits per heavy atom. The number of benzene rings is 3. The Labute approximate surface area is 186 Å². The van der Waals surface area contributed by atoms with Gasteiger partial charge in [-0.1, -0.05) is 29.8 Å². The van der Waals surface area contributed by atoms with Gasteiger partial charge in [0, 0.05) is 12.2 Å². The summed E-state index contributed by atoms with van der Waals surface area (Å²) in [5, 5.41) is 1.98. The first-order chi connectivity index (χ1) is 15.1. The zero-order chi connectivity index (χ0) is 23.6. The maximum atomic E-state index is 13.9. The van der Waals surface area contributed by atoms with Gasteiger partial charge in [0.05, 0.1) is 16.3 Å². The lowest BCUT2D eigenvalue weighted by molar-refractivity contribution is 0.102. The van der Waals surface area contributed by atoms with E-state index in [0.717, 1.165) is 10.4 Å². The molecule has 0 fully saturated rings. The average Bonchev–Trinajstić information content (AvgIpc) is 2.77. The molecule has 11 heteroatoms. The number of hydrogen-bond donors (Lipinski definition) is 1. The molecule has 5 nitrogen and oxygen atoms in total. The number of rotatable bonds is 6. The first kappa shape index (κ1) is 23.6. The van der Waals surface area contributed by atoms with Crippen molar-refractivity contribution >= 4 is 38.9 Å². The van der Waals surface area contributed by atoms with Gasteiger partial charge in [-0.15, -0.1) is 0 Å². The van der Waals surface area contributed by atoms with E-state index in [9.17, 15) is 30.8 Å². The summed E-state index contributed by atoms with van der Waals surface area (Å²) in [4.78, 5) is 11.9. The van der Waals surface area contributed by atoms with E-state index in [4.69, 9.17) is 11.6 Å². The van der Waals surface area contributed by atoms with Crippen molar-refractivity contribution in [1.29, 1.82) is 0 Å². The second kappa shape index (κ2) is 9.17. The standard InChI is InChI=1S/C21H15ClF4N2O3S/c1-2-28(13-6-4-3-5-7-13)32(30,31)17-10-12(8-9-15(17)22)27-21(29)14-11-16(23)19(25)20(26)18(14)24/h3-11H,2H2,1H3,(H,27,29). The van der Waals surface area contributed by atoms with Gasteiger partial charge >= 0.3 is 0 Å². The van der Waals surface area contributed by atoms with E-state index in [-0.39, 0.29) is 28.2 Å². The summed E-state index contributed by atoms with van der Waals surface area (Å²) in [6.07, 6.45) is 0. The van der Waals surface area contributed by atoms with E-state index < -0.39 is 44.8 Å². The number of amides is 1. The minimum Gasteiger partial charge on any atom is -0.322 e. The first-order valence-corrected chi connectivity index (χ1v) is 10.9. The van der Waals surface area contributed by atoms with Crippen LogP contribution in [-0.4, -0.2) is 20.9 Å². The number of nitrogens with zero attached hydrogens (tertiary/aromatic N) is 1. The molecule has 0 saturated heterocycles. The Hall–Kier alpha value is -3.11. The van der Waals surface area contributed by atoms with E-state index >= 15 is 0 Å². The second-order valence-electron chi connectivity index (χ2n) is 6.45. The summed E-state index contributed by atoms with van der Waals surface area (Å²) in [7, 11) is -4.18. The van der Waals surface area contributed by atoms with Gasteiger partial charge in [-0.05, 0) is 43.3 Å². The average molecular weight is 487 g/mol. The predicted molar refractivity (Wildman–Crippen MR) is 112 cm³/mol. The number of nitrogens with one attached hydrogen (secondary N) is 1. The normalized spacial score (nSPS) is 11.3. The van der Waals surface area contributed by atoms with Gasteiger partial charge in [0.2, 0.25) is 0 Å². The molecule has 0 heterocycles. The Bertz CT molecular complexity index is 1290. The second-order valence-corrected chi connectivity index (χ2v) is 8.69.